The second-order valence-corrected chi connectivity index (χ2v) is 4.69. The molecule has 0 radical (unpaired) electrons. The van der Waals surface area contributed by atoms with E-state index < -0.39 is 11.7 Å². The number of rotatable bonds is 2. The molecule has 1 saturated heterocycles. The Morgan fingerprint density at radius 1 is 1.26 bits per heavy atom. The number of anilines is 2. The maximum Gasteiger partial charge on any atom is 0.416 e. The number of nitrogen functional groups attached to an aromatic ring is 1. The molecule has 3 nitrogen and oxygen atoms in total. The maximum absolute atomic E-state index is 12.6. The molecular weight excluding hydrogens is 257 g/mol. The SMILES string of the molecule is COC1CCN(c2ccc(C(F)(F)F)cc2N)CC1. The van der Waals surface area contributed by atoms with Gasteiger partial charge in [0, 0.05) is 20.2 Å². The largest absolute Gasteiger partial charge is 0.416 e. The summed E-state index contributed by atoms with van der Waals surface area (Å²) in [6.07, 6.45) is -2.41. The van der Waals surface area contributed by atoms with Crippen LogP contribution in [0.4, 0.5) is 24.5 Å². The highest BCUT2D eigenvalue weighted by Crippen LogP contribution is 2.34. The lowest BCUT2D eigenvalue weighted by Crippen LogP contribution is -2.37. The van der Waals surface area contributed by atoms with Crippen LogP contribution < -0.4 is 10.6 Å². The minimum atomic E-state index is -4.35. The lowest BCUT2D eigenvalue weighted by atomic mass is 10.1. The van der Waals surface area contributed by atoms with Crippen molar-refractivity contribution in [1.29, 1.82) is 0 Å². The van der Waals surface area contributed by atoms with Gasteiger partial charge in [-0.05, 0) is 31.0 Å². The Labute approximate surface area is 110 Å². The highest BCUT2D eigenvalue weighted by Gasteiger charge is 2.31. The number of methoxy groups -OCH3 is 1. The molecule has 0 aliphatic carbocycles. The van der Waals surface area contributed by atoms with Crippen LogP contribution in [0.3, 0.4) is 0 Å². The molecular formula is C13H17F3N2O. The van der Waals surface area contributed by atoms with Crippen LogP contribution in [-0.4, -0.2) is 26.3 Å². The standard InChI is InChI=1S/C13H17F3N2O/c1-19-10-4-6-18(7-5-10)12-3-2-9(8-11(12)17)13(14,15)16/h2-3,8,10H,4-7,17H2,1H3. The van der Waals surface area contributed by atoms with Crippen molar-refractivity contribution in [2.24, 2.45) is 0 Å². The van der Waals surface area contributed by atoms with Crippen molar-refractivity contribution in [3.8, 4) is 0 Å². The van der Waals surface area contributed by atoms with Gasteiger partial charge in [0.2, 0.25) is 0 Å². The number of nitrogens with two attached hydrogens (primary N) is 1. The smallest absolute Gasteiger partial charge is 0.397 e. The summed E-state index contributed by atoms with van der Waals surface area (Å²) in [7, 11) is 1.67. The van der Waals surface area contributed by atoms with E-state index in [1.54, 1.807) is 7.11 Å². The second-order valence-electron chi connectivity index (χ2n) is 4.69. The normalized spacial score (nSPS) is 17.8. The molecule has 1 aliphatic heterocycles. The minimum absolute atomic E-state index is 0.172. The van der Waals surface area contributed by atoms with E-state index in [9.17, 15) is 13.2 Å². The molecule has 2 N–H and O–H groups in total. The number of hydrogen-bond donors (Lipinski definition) is 1. The van der Waals surface area contributed by atoms with Gasteiger partial charge in [-0.25, -0.2) is 0 Å². The van der Waals surface area contributed by atoms with Gasteiger partial charge in [0.25, 0.3) is 0 Å². The third-order valence-electron chi connectivity index (χ3n) is 3.47. The Balaban J connectivity index is 2.14. The van der Waals surface area contributed by atoms with E-state index in [-0.39, 0.29) is 11.8 Å². The third kappa shape index (κ3) is 3.12. The van der Waals surface area contributed by atoms with Crippen LogP contribution >= 0.6 is 0 Å². The van der Waals surface area contributed by atoms with Gasteiger partial charge in [0.05, 0.1) is 23.0 Å². The van der Waals surface area contributed by atoms with Crippen molar-refractivity contribution < 1.29 is 17.9 Å². The molecule has 0 atom stereocenters. The molecule has 1 fully saturated rings. The highest BCUT2D eigenvalue weighted by atomic mass is 19.4. The first kappa shape index (κ1) is 14.0. The Bertz CT molecular complexity index is 440. The average molecular weight is 274 g/mol. The van der Waals surface area contributed by atoms with E-state index in [1.165, 1.54) is 6.07 Å². The Hall–Kier alpha value is -1.43. The molecule has 1 heterocycles. The predicted octanol–water partition coefficient (Wildman–Crippen LogP) is 2.90. The monoisotopic (exact) mass is 274 g/mol. The van der Waals surface area contributed by atoms with Crippen LogP contribution in [0, 0.1) is 0 Å². The molecule has 1 aromatic carbocycles. The van der Waals surface area contributed by atoms with Gasteiger partial charge in [-0.2, -0.15) is 13.2 Å². The van der Waals surface area contributed by atoms with Gasteiger partial charge in [-0.3, -0.25) is 0 Å². The van der Waals surface area contributed by atoms with Gasteiger partial charge in [0.1, 0.15) is 0 Å². The van der Waals surface area contributed by atoms with Crippen molar-refractivity contribution in [1.82, 2.24) is 0 Å². The van der Waals surface area contributed by atoms with Crippen LogP contribution in [0.1, 0.15) is 18.4 Å². The third-order valence-corrected chi connectivity index (χ3v) is 3.47. The number of alkyl halides is 3. The number of nitrogens with zero attached hydrogens (tertiary/aromatic N) is 1. The molecule has 19 heavy (non-hydrogen) atoms. The van der Waals surface area contributed by atoms with E-state index in [2.05, 4.69) is 0 Å². The summed E-state index contributed by atoms with van der Waals surface area (Å²) in [4.78, 5) is 2.00. The summed E-state index contributed by atoms with van der Waals surface area (Å²) in [5, 5.41) is 0. The molecule has 0 bridgehead atoms. The molecule has 106 valence electrons. The van der Waals surface area contributed by atoms with Gasteiger partial charge in [-0.1, -0.05) is 0 Å². The number of piperidine rings is 1. The van der Waals surface area contributed by atoms with Gasteiger partial charge >= 0.3 is 6.18 Å². The topological polar surface area (TPSA) is 38.5 Å². The molecule has 1 aliphatic rings. The van der Waals surface area contributed by atoms with E-state index in [0.717, 1.165) is 38.1 Å². The minimum Gasteiger partial charge on any atom is -0.397 e. The number of ether oxygens (including phenoxy) is 1. The zero-order valence-corrected chi connectivity index (χ0v) is 10.7. The summed E-state index contributed by atoms with van der Waals surface area (Å²) in [5.74, 6) is 0. The van der Waals surface area contributed by atoms with Crippen molar-refractivity contribution in [2.45, 2.75) is 25.1 Å². The molecule has 2 rings (SSSR count). The number of benzene rings is 1. The predicted molar refractivity (Wildman–Crippen MR) is 68.1 cm³/mol. The van der Waals surface area contributed by atoms with E-state index >= 15 is 0 Å². The lowest BCUT2D eigenvalue weighted by Gasteiger charge is -2.33. The Morgan fingerprint density at radius 3 is 2.37 bits per heavy atom. The fourth-order valence-electron chi connectivity index (χ4n) is 2.35. The first-order valence-electron chi connectivity index (χ1n) is 6.16. The molecule has 0 aromatic heterocycles. The highest BCUT2D eigenvalue weighted by molar-refractivity contribution is 5.68. The quantitative estimate of drug-likeness (QED) is 0.843. The van der Waals surface area contributed by atoms with E-state index in [4.69, 9.17) is 10.5 Å². The first-order chi connectivity index (χ1) is 8.91. The summed E-state index contributed by atoms with van der Waals surface area (Å²) in [5.41, 5.74) is 5.88. The van der Waals surface area contributed by atoms with E-state index in [0.29, 0.717) is 5.69 Å². The molecule has 0 spiro atoms. The lowest BCUT2D eigenvalue weighted by molar-refractivity contribution is -0.137. The fourth-order valence-corrected chi connectivity index (χ4v) is 2.35. The number of halogens is 3. The van der Waals surface area contributed by atoms with E-state index in [1.807, 2.05) is 4.90 Å². The van der Waals surface area contributed by atoms with Crippen LogP contribution in [0.2, 0.25) is 0 Å². The van der Waals surface area contributed by atoms with Crippen molar-refractivity contribution in [3.63, 3.8) is 0 Å². The van der Waals surface area contributed by atoms with Gasteiger partial charge < -0.3 is 15.4 Å². The zero-order chi connectivity index (χ0) is 14.0. The Morgan fingerprint density at radius 2 is 1.89 bits per heavy atom. The molecule has 0 saturated carbocycles. The zero-order valence-electron chi connectivity index (χ0n) is 10.7. The Kier molecular flexibility index (Phi) is 3.89. The molecule has 0 amide bonds. The van der Waals surface area contributed by atoms with Crippen molar-refractivity contribution >= 4 is 11.4 Å². The van der Waals surface area contributed by atoms with Crippen LogP contribution in [0.15, 0.2) is 18.2 Å². The first-order valence-corrected chi connectivity index (χ1v) is 6.16. The number of hydrogen-bond acceptors (Lipinski definition) is 3. The summed E-state index contributed by atoms with van der Waals surface area (Å²) in [6.45, 7) is 1.49. The average Bonchev–Trinajstić information content (AvgIpc) is 2.38. The summed E-state index contributed by atoms with van der Waals surface area (Å²) >= 11 is 0. The fraction of sp³-hybridized carbons (Fsp3) is 0.538. The second kappa shape index (κ2) is 5.28. The van der Waals surface area contributed by atoms with Crippen LogP contribution in [0.25, 0.3) is 0 Å². The summed E-state index contributed by atoms with van der Waals surface area (Å²) < 4.78 is 42.9. The van der Waals surface area contributed by atoms with Gasteiger partial charge in [-0.15, -0.1) is 0 Å². The summed E-state index contributed by atoms with van der Waals surface area (Å²) in [6, 6.07) is 3.52. The maximum atomic E-state index is 12.6. The molecule has 1 aromatic rings. The van der Waals surface area contributed by atoms with Crippen molar-refractivity contribution in [3.05, 3.63) is 23.8 Å². The molecule has 6 heteroatoms. The van der Waals surface area contributed by atoms with Gasteiger partial charge in [0.15, 0.2) is 0 Å². The van der Waals surface area contributed by atoms with Crippen LogP contribution in [0.5, 0.6) is 0 Å². The molecule has 0 unspecified atom stereocenters. The van der Waals surface area contributed by atoms with Crippen LogP contribution in [-0.2, 0) is 10.9 Å². The van der Waals surface area contributed by atoms with Crippen molar-refractivity contribution in [2.75, 3.05) is 30.8 Å².